The van der Waals surface area contributed by atoms with Gasteiger partial charge in [0.1, 0.15) is 5.75 Å². The van der Waals surface area contributed by atoms with Gasteiger partial charge in [-0.15, -0.1) is 11.3 Å². The standard InChI is InChI=1S/C29H33NO5S/c1-3-18(13-19-7-4-5-9-24(19)31)10-11-25-26-20(16-34-2)14-22-27(23(26)17-35-25)29(33)30(28(22)32)15-21-8-6-12-36-21/h4-9,12-13,22-23,25,27,31H,3,10-11,14-17H2,1-2H3/b18-13+/t22-,23+,25-,27-/m1/s1. The third-order valence-corrected chi connectivity index (χ3v) is 8.65. The van der Waals surface area contributed by atoms with Crippen LogP contribution >= 0.6 is 11.3 Å². The number of allylic oxidation sites excluding steroid dienone is 1. The largest absolute Gasteiger partial charge is 0.507 e. The summed E-state index contributed by atoms with van der Waals surface area (Å²) in [7, 11) is 1.68. The number of ether oxygens (including phenoxy) is 2. The monoisotopic (exact) mass is 507 g/mol. The molecular weight excluding hydrogens is 474 g/mol. The normalized spacial score (nSPS) is 26.1. The Hall–Kier alpha value is -2.74. The van der Waals surface area contributed by atoms with Crippen molar-refractivity contribution < 1.29 is 24.2 Å². The van der Waals surface area contributed by atoms with Gasteiger partial charge >= 0.3 is 0 Å². The molecule has 2 saturated heterocycles. The Morgan fingerprint density at radius 1 is 1.19 bits per heavy atom. The minimum atomic E-state index is -0.347. The summed E-state index contributed by atoms with van der Waals surface area (Å²) in [6.45, 7) is 3.39. The zero-order chi connectivity index (χ0) is 25.2. The highest BCUT2D eigenvalue weighted by Crippen LogP contribution is 2.50. The Labute approximate surface area is 216 Å². The van der Waals surface area contributed by atoms with Crippen LogP contribution in [-0.4, -0.2) is 48.2 Å². The van der Waals surface area contributed by atoms with Crippen LogP contribution in [0.4, 0.5) is 0 Å². The third-order valence-electron chi connectivity index (χ3n) is 7.79. The highest BCUT2D eigenvalue weighted by atomic mass is 32.1. The number of phenols is 1. The molecule has 1 aromatic carbocycles. The van der Waals surface area contributed by atoms with Gasteiger partial charge in [0.05, 0.1) is 37.7 Å². The number of carbonyl (C=O) groups is 2. The number of hydrogen-bond donors (Lipinski definition) is 1. The second-order valence-electron chi connectivity index (χ2n) is 9.85. The van der Waals surface area contributed by atoms with Crippen molar-refractivity contribution >= 4 is 29.2 Å². The number of aromatic hydroxyl groups is 1. The summed E-state index contributed by atoms with van der Waals surface area (Å²) in [5.74, 6) is -0.591. The molecule has 1 aromatic heterocycles. The molecule has 1 N–H and O–H groups in total. The average Bonchev–Trinajstić information content (AvgIpc) is 3.60. The number of methoxy groups -OCH3 is 1. The van der Waals surface area contributed by atoms with Gasteiger partial charge in [0.2, 0.25) is 11.8 Å². The van der Waals surface area contributed by atoms with Crippen molar-refractivity contribution in [1.29, 1.82) is 0 Å². The predicted molar refractivity (Wildman–Crippen MR) is 139 cm³/mol. The fraction of sp³-hybridized carbons (Fsp3) is 0.448. The first-order valence-corrected chi connectivity index (χ1v) is 13.6. The number of nitrogens with zero attached hydrogens (tertiary/aromatic N) is 1. The van der Waals surface area contributed by atoms with Crippen LogP contribution in [0.2, 0.25) is 0 Å². The molecule has 3 aliphatic rings. The van der Waals surface area contributed by atoms with Gasteiger partial charge < -0.3 is 14.6 Å². The Balaban J connectivity index is 1.36. The number of thiophene rings is 1. The van der Waals surface area contributed by atoms with E-state index in [9.17, 15) is 14.7 Å². The van der Waals surface area contributed by atoms with Crippen molar-refractivity contribution in [3.63, 3.8) is 0 Å². The van der Waals surface area contributed by atoms with Gasteiger partial charge in [-0.2, -0.15) is 0 Å². The van der Waals surface area contributed by atoms with Crippen LogP contribution in [0.15, 0.2) is 58.5 Å². The maximum absolute atomic E-state index is 13.5. The molecule has 5 rings (SSSR count). The molecule has 6 nitrogen and oxygen atoms in total. The summed E-state index contributed by atoms with van der Waals surface area (Å²) in [5.41, 5.74) is 4.35. The molecule has 36 heavy (non-hydrogen) atoms. The molecule has 2 fully saturated rings. The molecule has 2 aliphatic heterocycles. The van der Waals surface area contributed by atoms with Crippen LogP contribution in [0.5, 0.6) is 5.75 Å². The van der Waals surface area contributed by atoms with Crippen molar-refractivity contribution in [1.82, 2.24) is 4.90 Å². The van der Waals surface area contributed by atoms with Gasteiger partial charge in [0.15, 0.2) is 0 Å². The van der Waals surface area contributed by atoms with Crippen molar-refractivity contribution in [3.8, 4) is 5.75 Å². The first kappa shape index (κ1) is 24.9. The van der Waals surface area contributed by atoms with E-state index in [1.54, 1.807) is 24.5 Å². The number of likely N-dealkylation sites (tertiary alicyclic amines) is 1. The van der Waals surface area contributed by atoms with Gasteiger partial charge in [0.25, 0.3) is 0 Å². The zero-order valence-corrected chi connectivity index (χ0v) is 21.6. The van der Waals surface area contributed by atoms with Crippen molar-refractivity contribution in [3.05, 3.63) is 68.9 Å². The molecular formula is C29H33NO5S. The fourth-order valence-electron chi connectivity index (χ4n) is 6.06. The summed E-state index contributed by atoms with van der Waals surface area (Å²) in [4.78, 5) is 29.3. The number of rotatable bonds is 9. The fourth-order valence-corrected chi connectivity index (χ4v) is 6.75. The smallest absolute Gasteiger partial charge is 0.234 e. The van der Waals surface area contributed by atoms with Crippen LogP contribution in [0.1, 0.15) is 43.0 Å². The van der Waals surface area contributed by atoms with Gasteiger partial charge in [-0.25, -0.2) is 0 Å². The summed E-state index contributed by atoms with van der Waals surface area (Å²) in [6.07, 6.45) is 5.04. The number of imide groups is 1. The van der Waals surface area contributed by atoms with Crippen molar-refractivity contribution in [2.45, 2.75) is 45.3 Å². The Morgan fingerprint density at radius 3 is 2.75 bits per heavy atom. The predicted octanol–water partition coefficient (Wildman–Crippen LogP) is 5.19. The minimum Gasteiger partial charge on any atom is -0.507 e. The van der Waals surface area contributed by atoms with Gasteiger partial charge in [-0.3, -0.25) is 14.5 Å². The lowest BCUT2D eigenvalue weighted by atomic mass is 9.69. The molecule has 4 atom stereocenters. The van der Waals surface area contributed by atoms with Crippen LogP contribution in [0.25, 0.3) is 6.08 Å². The van der Waals surface area contributed by atoms with E-state index < -0.39 is 0 Å². The summed E-state index contributed by atoms with van der Waals surface area (Å²) in [5, 5.41) is 12.1. The topological polar surface area (TPSA) is 76.1 Å². The Kier molecular flexibility index (Phi) is 7.42. The molecule has 2 amide bonds. The number of para-hydroxylation sites is 1. The first-order chi connectivity index (χ1) is 17.5. The molecule has 0 radical (unpaired) electrons. The van der Waals surface area contributed by atoms with Gasteiger partial charge in [0, 0.05) is 23.5 Å². The maximum Gasteiger partial charge on any atom is 0.234 e. The van der Waals surface area contributed by atoms with E-state index in [-0.39, 0.29) is 41.4 Å². The second kappa shape index (κ2) is 10.7. The molecule has 0 spiro atoms. The summed E-state index contributed by atoms with van der Waals surface area (Å²) < 4.78 is 11.8. The van der Waals surface area contributed by atoms with Crippen molar-refractivity contribution in [2.75, 3.05) is 20.3 Å². The molecule has 3 heterocycles. The lowest BCUT2D eigenvalue weighted by Crippen LogP contribution is -2.35. The zero-order valence-electron chi connectivity index (χ0n) is 20.8. The molecule has 0 unspecified atom stereocenters. The first-order valence-electron chi connectivity index (χ1n) is 12.7. The van der Waals surface area contributed by atoms with Crippen LogP contribution in [-0.2, 0) is 25.6 Å². The number of benzene rings is 1. The van der Waals surface area contributed by atoms with E-state index in [2.05, 4.69) is 13.0 Å². The van der Waals surface area contributed by atoms with Crippen molar-refractivity contribution in [2.24, 2.45) is 17.8 Å². The van der Waals surface area contributed by atoms with Crippen LogP contribution in [0, 0.1) is 17.8 Å². The highest BCUT2D eigenvalue weighted by Gasteiger charge is 2.56. The Bertz CT molecular complexity index is 1180. The van der Waals surface area contributed by atoms with E-state index in [1.807, 2.05) is 35.7 Å². The number of carbonyl (C=O) groups excluding carboxylic acids is 2. The van der Waals surface area contributed by atoms with Crippen LogP contribution < -0.4 is 0 Å². The molecule has 7 heteroatoms. The quantitative estimate of drug-likeness (QED) is 0.373. The number of hydrogen-bond acceptors (Lipinski definition) is 6. The molecule has 0 saturated carbocycles. The number of fused-ring (bicyclic) bond motifs is 3. The second-order valence-corrected chi connectivity index (χ2v) is 10.9. The van der Waals surface area contributed by atoms with E-state index >= 15 is 0 Å². The molecule has 190 valence electrons. The third kappa shape index (κ3) is 4.67. The highest BCUT2D eigenvalue weighted by molar-refractivity contribution is 7.09. The number of phenolic OH excluding ortho intramolecular Hbond substituents is 1. The lowest BCUT2D eigenvalue weighted by Gasteiger charge is -2.31. The van der Waals surface area contributed by atoms with E-state index in [0.717, 1.165) is 35.3 Å². The molecule has 2 aromatic rings. The minimum absolute atomic E-state index is 0.0599. The van der Waals surface area contributed by atoms with E-state index in [1.165, 1.54) is 16.0 Å². The Morgan fingerprint density at radius 2 is 2.03 bits per heavy atom. The summed E-state index contributed by atoms with van der Waals surface area (Å²) in [6, 6.07) is 11.3. The molecule has 0 bridgehead atoms. The summed E-state index contributed by atoms with van der Waals surface area (Å²) >= 11 is 1.57. The van der Waals surface area contributed by atoms with E-state index in [0.29, 0.717) is 26.2 Å². The van der Waals surface area contributed by atoms with Gasteiger partial charge in [-0.05, 0) is 54.3 Å². The van der Waals surface area contributed by atoms with E-state index in [4.69, 9.17) is 9.47 Å². The maximum atomic E-state index is 13.5. The lowest BCUT2D eigenvalue weighted by molar-refractivity contribution is -0.140. The molecule has 1 aliphatic carbocycles. The average molecular weight is 508 g/mol. The van der Waals surface area contributed by atoms with Crippen LogP contribution in [0.3, 0.4) is 0 Å². The SMILES string of the molecule is CC/C(=C\c1ccccc1O)CC[C@H]1OC[C@H]2C1=C(COC)C[C@H]1C(=O)N(Cc3cccs3)C(=O)[C@H]12. The number of amides is 2. The van der Waals surface area contributed by atoms with Gasteiger partial charge in [-0.1, -0.05) is 42.8 Å².